The highest BCUT2D eigenvalue weighted by Gasteiger charge is 2.50. The number of carbonyl (C=O) groups excluding carboxylic acids is 2. The maximum atomic E-state index is 13.1. The topological polar surface area (TPSA) is 62.5 Å². The molecule has 1 aliphatic rings. The monoisotopic (exact) mass is 452 g/mol. The van der Waals surface area contributed by atoms with Gasteiger partial charge in [0, 0.05) is 40.2 Å². The molecule has 2 aromatic carbocycles. The molecule has 29 heavy (non-hydrogen) atoms. The van der Waals surface area contributed by atoms with Gasteiger partial charge in [-0.1, -0.05) is 22.9 Å². The lowest BCUT2D eigenvalue weighted by molar-refractivity contribution is -0.135. The number of nitrogens with zero attached hydrogens (tertiary/aromatic N) is 2. The fraction of sp³-hybridized carbons (Fsp3) is 0.217. The summed E-state index contributed by atoms with van der Waals surface area (Å²) in [4.78, 5) is 27.6. The number of rotatable bonds is 6. The Kier molecular flexibility index (Phi) is 5.15. The molecule has 1 amide bonds. The molecule has 148 valence electrons. The number of aromatic nitrogens is 1. The molecule has 0 aliphatic carbocycles. The van der Waals surface area contributed by atoms with E-state index in [1.54, 1.807) is 29.2 Å². The summed E-state index contributed by atoms with van der Waals surface area (Å²) in [7, 11) is 0. The van der Waals surface area contributed by atoms with Crippen LogP contribution in [0.1, 0.15) is 35.7 Å². The minimum atomic E-state index is -1.86. The highest BCUT2D eigenvalue weighted by Crippen LogP contribution is 2.44. The van der Waals surface area contributed by atoms with E-state index in [0.29, 0.717) is 23.4 Å². The van der Waals surface area contributed by atoms with Crippen molar-refractivity contribution in [1.29, 1.82) is 0 Å². The molecule has 4 rings (SSSR count). The van der Waals surface area contributed by atoms with Gasteiger partial charge in [-0.25, -0.2) is 0 Å². The maximum absolute atomic E-state index is 13.1. The summed E-state index contributed by atoms with van der Waals surface area (Å²) in [6.45, 7) is 2.47. The maximum Gasteiger partial charge on any atom is 0.264 e. The number of fused-ring (bicyclic) bond motifs is 1. The minimum Gasteiger partial charge on any atom is -0.375 e. The van der Waals surface area contributed by atoms with E-state index in [2.05, 4.69) is 15.9 Å². The number of anilines is 1. The summed E-state index contributed by atoms with van der Waals surface area (Å²) >= 11 is 3.41. The van der Waals surface area contributed by atoms with Crippen molar-refractivity contribution in [1.82, 2.24) is 4.57 Å². The van der Waals surface area contributed by atoms with Crippen molar-refractivity contribution in [2.75, 3.05) is 11.4 Å². The second-order valence-electron chi connectivity index (χ2n) is 7.22. The second-order valence-corrected chi connectivity index (χ2v) is 8.13. The molecule has 1 N–H and O–H groups in total. The molecule has 0 bridgehead atoms. The Morgan fingerprint density at radius 2 is 1.79 bits per heavy atom. The van der Waals surface area contributed by atoms with Gasteiger partial charge in [-0.2, -0.15) is 0 Å². The zero-order chi connectivity index (χ0) is 20.6. The number of aliphatic hydroxyl groups is 1. The van der Waals surface area contributed by atoms with Gasteiger partial charge in [-0.05, 0) is 61.0 Å². The second kappa shape index (κ2) is 7.61. The van der Waals surface area contributed by atoms with Crippen molar-refractivity contribution >= 4 is 33.3 Å². The first-order valence-corrected chi connectivity index (χ1v) is 10.3. The Morgan fingerprint density at radius 3 is 2.45 bits per heavy atom. The smallest absolute Gasteiger partial charge is 0.264 e. The third-order valence-electron chi connectivity index (χ3n) is 5.25. The van der Waals surface area contributed by atoms with Gasteiger partial charge in [0.1, 0.15) is 0 Å². The van der Waals surface area contributed by atoms with Gasteiger partial charge in [0.05, 0.1) is 12.1 Å². The van der Waals surface area contributed by atoms with Crippen molar-refractivity contribution in [2.24, 2.45) is 0 Å². The molecule has 5 nitrogen and oxygen atoms in total. The average molecular weight is 453 g/mol. The first-order chi connectivity index (χ1) is 13.9. The van der Waals surface area contributed by atoms with Crippen LogP contribution < -0.4 is 4.90 Å². The summed E-state index contributed by atoms with van der Waals surface area (Å²) in [5.41, 5.74) is 0.684. The molecular formula is C23H21BrN2O3. The van der Waals surface area contributed by atoms with E-state index in [9.17, 15) is 14.7 Å². The Hall–Kier alpha value is -2.70. The van der Waals surface area contributed by atoms with E-state index in [1.807, 2.05) is 54.2 Å². The number of carbonyl (C=O) groups is 2. The first-order valence-electron chi connectivity index (χ1n) is 9.55. The molecule has 2 heterocycles. The van der Waals surface area contributed by atoms with E-state index in [-0.39, 0.29) is 12.2 Å². The summed E-state index contributed by atoms with van der Waals surface area (Å²) < 4.78 is 2.70. The summed E-state index contributed by atoms with van der Waals surface area (Å²) in [5, 5.41) is 11.3. The van der Waals surface area contributed by atoms with E-state index in [1.165, 1.54) is 0 Å². The normalized spacial score (nSPS) is 18.2. The molecule has 0 radical (unpaired) electrons. The molecule has 0 fully saturated rings. The van der Waals surface area contributed by atoms with Crippen LogP contribution >= 0.6 is 15.9 Å². The number of ketones is 1. The number of amides is 1. The Morgan fingerprint density at radius 1 is 1.10 bits per heavy atom. The minimum absolute atomic E-state index is 0.274. The fourth-order valence-corrected chi connectivity index (χ4v) is 4.16. The van der Waals surface area contributed by atoms with E-state index < -0.39 is 11.5 Å². The van der Waals surface area contributed by atoms with Crippen LogP contribution in [0, 0.1) is 0 Å². The van der Waals surface area contributed by atoms with E-state index in [0.717, 1.165) is 16.6 Å². The third kappa shape index (κ3) is 3.43. The van der Waals surface area contributed by atoms with Crippen molar-refractivity contribution < 1.29 is 14.7 Å². The molecule has 0 unspecified atom stereocenters. The Bertz CT molecular complexity index is 1060. The van der Waals surface area contributed by atoms with Crippen molar-refractivity contribution in [3.05, 3.63) is 82.6 Å². The van der Waals surface area contributed by atoms with E-state index >= 15 is 0 Å². The zero-order valence-corrected chi connectivity index (χ0v) is 17.6. The van der Waals surface area contributed by atoms with Crippen molar-refractivity contribution in [3.63, 3.8) is 0 Å². The van der Waals surface area contributed by atoms with Gasteiger partial charge >= 0.3 is 0 Å². The van der Waals surface area contributed by atoms with Crippen LogP contribution in [-0.2, 0) is 10.4 Å². The largest absolute Gasteiger partial charge is 0.375 e. The zero-order valence-electron chi connectivity index (χ0n) is 16.0. The SMILES string of the molecule is CCCN1C(=O)[C@@](O)(CC(=O)c2ccc(-n3cccc3)cc2)c2cc(Br)ccc21. The predicted molar refractivity (Wildman–Crippen MR) is 115 cm³/mol. The number of hydrogen-bond donors (Lipinski definition) is 1. The van der Waals surface area contributed by atoms with Gasteiger partial charge in [0.2, 0.25) is 0 Å². The number of halogens is 1. The molecule has 0 spiro atoms. The van der Waals surface area contributed by atoms with E-state index in [4.69, 9.17) is 0 Å². The quantitative estimate of drug-likeness (QED) is 0.561. The summed E-state index contributed by atoms with van der Waals surface area (Å²) in [5.74, 6) is -0.714. The number of benzene rings is 2. The van der Waals surface area contributed by atoms with Crippen molar-refractivity contribution in [3.8, 4) is 5.69 Å². The van der Waals surface area contributed by atoms with Crippen LogP contribution in [0.5, 0.6) is 0 Å². The Balaban J connectivity index is 1.63. The molecule has 0 saturated heterocycles. The Labute approximate surface area is 177 Å². The molecule has 1 aliphatic heterocycles. The van der Waals surface area contributed by atoms with Crippen molar-refractivity contribution in [2.45, 2.75) is 25.4 Å². The average Bonchev–Trinajstić information content (AvgIpc) is 3.32. The standard InChI is InChI=1S/C23H21BrN2O3/c1-2-11-26-20-10-7-17(24)14-19(20)23(29,22(26)28)15-21(27)16-5-8-18(9-6-16)25-12-3-4-13-25/h3-10,12-14,29H,2,11,15H2,1H3/t23-/m1/s1. The molecule has 0 saturated carbocycles. The lowest BCUT2D eigenvalue weighted by Crippen LogP contribution is -2.42. The summed E-state index contributed by atoms with van der Waals surface area (Å²) in [6.07, 6.45) is 4.31. The van der Waals surface area contributed by atoms with Gasteiger partial charge in [-0.3, -0.25) is 9.59 Å². The van der Waals surface area contributed by atoms with Crippen LogP contribution in [0.25, 0.3) is 5.69 Å². The lowest BCUT2D eigenvalue weighted by atomic mass is 9.88. The fourth-order valence-electron chi connectivity index (χ4n) is 3.80. The third-order valence-corrected chi connectivity index (χ3v) is 5.74. The van der Waals surface area contributed by atoms with Crippen LogP contribution in [0.3, 0.4) is 0 Å². The highest BCUT2D eigenvalue weighted by molar-refractivity contribution is 9.10. The number of Topliss-reactive ketones (excluding diaryl/α,β-unsaturated/α-hetero) is 1. The highest BCUT2D eigenvalue weighted by atomic mass is 79.9. The van der Waals surface area contributed by atoms with Crippen LogP contribution in [0.2, 0.25) is 0 Å². The molecular weight excluding hydrogens is 432 g/mol. The summed E-state index contributed by atoms with van der Waals surface area (Å²) in [6, 6.07) is 16.4. The van der Waals surface area contributed by atoms with Gasteiger partial charge < -0.3 is 14.6 Å². The molecule has 1 aromatic heterocycles. The number of hydrogen-bond acceptors (Lipinski definition) is 3. The van der Waals surface area contributed by atoms with Gasteiger partial charge in [0.25, 0.3) is 5.91 Å². The lowest BCUT2D eigenvalue weighted by Gasteiger charge is -2.22. The molecule has 3 aromatic rings. The first kappa shape index (κ1) is 19.6. The van der Waals surface area contributed by atoms with Crippen LogP contribution in [-0.4, -0.2) is 27.9 Å². The van der Waals surface area contributed by atoms with Gasteiger partial charge in [-0.15, -0.1) is 0 Å². The van der Waals surface area contributed by atoms with Gasteiger partial charge in [0.15, 0.2) is 11.4 Å². The molecule has 1 atom stereocenters. The predicted octanol–water partition coefficient (Wildman–Crippen LogP) is 4.46. The van der Waals surface area contributed by atoms with Crippen LogP contribution in [0.15, 0.2) is 71.5 Å². The van der Waals surface area contributed by atoms with Crippen LogP contribution in [0.4, 0.5) is 5.69 Å². The molecule has 6 heteroatoms.